The number of nitrogens with zero attached hydrogens (tertiary/aromatic N) is 6. The molecule has 45 heavy (non-hydrogen) atoms. The molecule has 3 aromatic heterocycles. The number of carbonyl (C=O) groups excluding carboxylic acids is 1. The zero-order valence-electron chi connectivity index (χ0n) is 26.9. The van der Waals surface area contributed by atoms with Gasteiger partial charge in [-0.1, -0.05) is 38.1 Å². The Balaban J connectivity index is 1.07. The Morgan fingerprint density at radius 1 is 1.00 bits per heavy atom. The average Bonchev–Trinajstić information content (AvgIpc) is 3.54. The number of aryl methyl sites for hydroxylation is 1. The summed E-state index contributed by atoms with van der Waals surface area (Å²) in [5, 5.41) is 13.7. The maximum absolute atomic E-state index is 12.8. The average molecular weight is 610 g/mol. The van der Waals surface area contributed by atoms with E-state index in [1.165, 1.54) is 31.4 Å². The Kier molecular flexibility index (Phi) is 8.54. The van der Waals surface area contributed by atoms with E-state index < -0.39 is 5.91 Å². The van der Waals surface area contributed by atoms with Crippen molar-refractivity contribution in [2.45, 2.75) is 71.8 Å². The summed E-state index contributed by atoms with van der Waals surface area (Å²) in [6.45, 7) is 14.3. The number of nitrogens with one attached hydrogen (secondary N) is 3. The number of hydrogen-bond acceptors (Lipinski definition) is 10. The van der Waals surface area contributed by atoms with Crippen LogP contribution < -0.4 is 20.9 Å². The number of aromatic nitrogens is 5. The molecule has 1 spiro atoms. The third-order valence-electron chi connectivity index (χ3n) is 9.20. The number of pyridine rings is 1. The lowest BCUT2D eigenvalue weighted by molar-refractivity contribution is 0.0895. The molecule has 0 bridgehead atoms. The van der Waals surface area contributed by atoms with Crippen molar-refractivity contribution in [1.82, 2.24) is 35.7 Å². The van der Waals surface area contributed by atoms with Crippen molar-refractivity contribution in [2.24, 2.45) is 5.41 Å². The maximum Gasteiger partial charge on any atom is 0.315 e. The van der Waals surface area contributed by atoms with E-state index in [9.17, 15) is 4.79 Å². The Morgan fingerprint density at radius 2 is 1.78 bits per heavy atom. The molecule has 236 valence electrons. The van der Waals surface area contributed by atoms with Gasteiger partial charge in [0.15, 0.2) is 5.82 Å². The van der Waals surface area contributed by atoms with E-state index in [0.29, 0.717) is 17.1 Å². The molecule has 0 aliphatic carbocycles. The topological polar surface area (TPSA) is 134 Å². The maximum atomic E-state index is 12.8. The van der Waals surface area contributed by atoms with E-state index in [-0.39, 0.29) is 17.3 Å². The molecule has 2 fully saturated rings. The van der Waals surface area contributed by atoms with Crippen LogP contribution in [-0.2, 0) is 5.41 Å². The van der Waals surface area contributed by atoms with Crippen LogP contribution in [0.4, 0.5) is 17.3 Å². The molecule has 0 unspecified atom stereocenters. The van der Waals surface area contributed by atoms with Crippen LogP contribution in [0, 0.1) is 12.3 Å². The number of rotatable bonds is 7. The first-order valence-electron chi connectivity index (χ1n) is 15.9. The molecule has 1 atom stereocenters. The molecule has 3 N–H and O–H groups in total. The Hall–Kier alpha value is -4.38. The fourth-order valence-corrected chi connectivity index (χ4v) is 6.34. The molecule has 11 heteroatoms. The first-order chi connectivity index (χ1) is 21.6. The molecule has 5 heterocycles. The second-order valence-corrected chi connectivity index (χ2v) is 13.5. The van der Waals surface area contributed by atoms with E-state index in [1.807, 2.05) is 65.1 Å². The lowest BCUT2D eigenvalue weighted by Crippen LogP contribution is -2.45. The van der Waals surface area contributed by atoms with Crippen LogP contribution in [0.1, 0.15) is 87.1 Å². The molecule has 2 aliphatic rings. The van der Waals surface area contributed by atoms with Gasteiger partial charge in [-0.15, -0.1) is 0 Å². The van der Waals surface area contributed by atoms with Crippen molar-refractivity contribution in [3.8, 4) is 11.3 Å². The predicted molar refractivity (Wildman–Crippen MR) is 175 cm³/mol. The highest BCUT2D eigenvalue weighted by Crippen LogP contribution is 2.40. The van der Waals surface area contributed by atoms with Gasteiger partial charge in [-0.2, -0.15) is 4.98 Å². The molecular formula is C34H43N9O2. The van der Waals surface area contributed by atoms with Crippen LogP contribution in [0.15, 0.2) is 53.4 Å². The van der Waals surface area contributed by atoms with E-state index in [2.05, 4.69) is 58.1 Å². The third-order valence-corrected chi connectivity index (χ3v) is 9.20. The summed E-state index contributed by atoms with van der Waals surface area (Å²) in [7, 11) is 0. The predicted octanol–water partition coefficient (Wildman–Crippen LogP) is 5.73. The van der Waals surface area contributed by atoms with Gasteiger partial charge in [0.05, 0.1) is 23.6 Å². The van der Waals surface area contributed by atoms with Gasteiger partial charge < -0.3 is 25.4 Å². The van der Waals surface area contributed by atoms with Gasteiger partial charge in [-0.05, 0) is 87.4 Å². The Labute approximate surface area is 264 Å². The number of carbonyl (C=O) groups is 1. The largest absolute Gasteiger partial charge is 0.370 e. The number of amides is 1. The Morgan fingerprint density at radius 3 is 2.44 bits per heavy atom. The molecule has 6 rings (SSSR count). The number of anilines is 3. The van der Waals surface area contributed by atoms with Crippen LogP contribution >= 0.6 is 0 Å². The third kappa shape index (κ3) is 6.98. The van der Waals surface area contributed by atoms with Crippen molar-refractivity contribution < 1.29 is 9.32 Å². The lowest BCUT2D eigenvalue weighted by atomic mass is 9.71. The zero-order chi connectivity index (χ0) is 31.6. The van der Waals surface area contributed by atoms with Crippen LogP contribution in [0.5, 0.6) is 0 Å². The van der Waals surface area contributed by atoms with E-state index >= 15 is 0 Å². The molecule has 0 radical (unpaired) electrons. The van der Waals surface area contributed by atoms with Gasteiger partial charge in [0.1, 0.15) is 18.0 Å². The van der Waals surface area contributed by atoms with Crippen molar-refractivity contribution in [2.75, 3.05) is 36.4 Å². The lowest BCUT2D eigenvalue weighted by Gasteiger charge is -2.45. The SMILES string of the molecule is Cc1cc(-c2cc(Nc3ccc(N4CCC5(CCNCC5)CC4)cn3)ncn2)ccc1[C@@H](C)NC(=O)c1nc(C(C)(C)C)no1. The molecule has 2 saturated heterocycles. The number of piperidine rings is 2. The minimum absolute atomic E-state index is 0.0387. The highest BCUT2D eigenvalue weighted by Gasteiger charge is 2.35. The molecule has 4 aromatic rings. The van der Waals surface area contributed by atoms with Crippen LogP contribution in [-0.4, -0.2) is 57.2 Å². The first-order valence-corrected chi connectivity index (χ1v) is 15.9. The van der Waals surface area contributed by atoms with Crippen LogP contribution in [0.25, 0.3) is 11.3 Å². The van der Waals surface area contributed by atoms with E-state index in [0.717, 1.165) is 54.4 Å². The second-order valence-electron chi connectivity index (χ2n) is 13.5. The monoisotopic (exact) mass is 609 g/mol. The molecule has 11 nitrogen and oxygen atoms in total. The Bertz CT molecular complexity index is 1630. The first kappa shape index (κ1) is 30.6. The van der Waals surface area contributed by atoms with Gasteiger partial charge in [0.2, 0.25) is 0 Å². The summed E-state index contributed by atoms with van der Waals surface area (Å²) in [5.41, 5.74) is 5.14. The number of benzene rings is 1. The van der Waals surface area contributed by atoms with Gasteiger partial charge in [0, 0.05) is 30.1 Å². The van der Waals surface area contributed by atoms with Crippen molar-refractivity contribution >= 4 is 23.2 Å². The standard InChI is InChI=1S/C34H43N9O2/c1-22-18-24(6-8-26(22)23(2)39-30(44)31-41-32(42-45-31)33(3,4)5)27-19-29(38-21-37-27)40-28-9-7-25(20-36-28)43-16-12-34(13-17-43)10-14-35-15-11-34/h6-9,18-21,23,35H,10-17H2,1-5H3,(H,39,44)(H,36,37,38,40)/t23-/m1/s1. The van der Waals surface area contributed by atoms with Gasteiger partial charge >= 0.3 is 11.8 Å². The quantitative estimate of drug-likeness (QED) is 0.238. The van der Waals surface area contributed by atoms with Gasteiger partial charge in [-0.25, -0.2) is 15.0 Å². The van der Waals surface area contributed by atoms with Crippen LogP contribution in [0.3, 0.4) is 0 Å². The summed E-state index contributed by atoms with van der Waals surface area (Å²) in [6, 6.07) is 11.9. The molecule has 2 aliphatic heterocycles. The zero-order valence-corrected chi connectivity index (χ0v) is 26.9. The normalized spacial score (nSPS) is 17.2. The summed E-state index contributed by atoms with van der Waals surface area (Å²) >= 11 is 0. The van der Waals surface area contributed by atoms with Crippen molar-refractivity contribution in [1.29, 1.82) is 0 Å². The van der Waals surface area contributed by atoms with E-state index in [1.54, 1.807) is 6.33 Å². The van der Waals surface area contributed by atoms with Gasteiger partial charge in [-0.3, -0.25) is 4.79 Å². The summed E-state index contributed by atoms with van der Waals surface area (Å²) in [4.78, 5) is 33.1. The number of hydrogen-bond donors (Lipinski definition) is 3. The second kappa shape index (κ2) is 12.5. The summed E-state index contributed by atoms with van der Waals surface area (Å²) in [5.74, 6) is 1.46. The molecular weight excluding hydrogens is 566 g/mol. The smallest absolute Gasteiger partial charge is 0.315 e. The van der Waals surface area contributed by atoms with Crippen molar-refractivity contribution in [3.05, 3.63) is 71.8 Å². The highest BCUT2D eigenvalue weighted by molar-refractivity contribution is 5.89. The minimum Gasteiger partial charge on any atom is -0.370 e. The summed E-state index contributed by atoms with van der Waals surface area (Å²) in [6.07, 6.45) is 8.61. The fourth-order valence-electron chi connectivity index (χ4n) is 6.34. The van der Waals surface area contributed by atoms with Gasteiger partial charge in [0.25, 0.3) is 0 Å². The fraction of sp³-hybridized carbons (Fsp3) is 0.471. The molecule has 1 aromatic carbocycles. The van der Waals surface area contributed by atoms with Crippen LogP contribution in [0.2, 0.25) is 0 Å². The van der Waals surface area contributed by atoms with Crippen molar-refractivity contribution in [3.63, 3.8) is 0 Å². The minimum atomic E-state index is -0.399. The van der Waals surface area contributed by atoms with E-state index in [4.69, 9.17) is 4.52 Å². The highest BCUT2D eigenvalue weighted by atomic mass is 16.5. The molecule has 0 saturated carbocycles. The summed E-state index contributed by atoms with van der Waals surface area (Å²) < 4.78 is 5.20. The molecule has 1 amide bonds.